The molecule has 1 aliphatic carbocycles. The summed E-state index contributed by atoms with van der Waals surface area (Å²) < 4.78 is 7.24. The van der Waals surface area contributed by atoms with Crippen LogP contribution < -0.4 is 15.4 Å². The molecule has 0 aliphatic heterocycles. The van der Waals surface area contributed by atoms with Crippen LogP contribution in [0.2, 0.25) is 0 Å². The van der Waals surface area contributed by atoms with Gasteiger partial charge in [0.15, 0.2) is 5.96 Å². The highest BCUT2D eigenvalue weighted by atomic mass is 16.5. The fourth-order valence-electron chi connectivity index (χ4n) is 2.39. The number of hydrogen-bond acceptors (Lipinski definition) is 3. The number of aliphatic imine (C=N–C) groups is 1. The summed E-state index contributed by atoms with van der Waals surface area (Å²) >= 11 is 0. The van der Waals surface area contributed by atoms with Crippen LogP contribution in [0.15, 0.2) is 48.0 Å². The minimum atomic E-state index is 0.588. The van der Waals surface area contributed by atoms with Crippen molar-refractivity contribution in [1.29, 1.82) is 0 Å². The van der Waals surface area contributed by atoms with Crippen LogP contribution in [0.4, 0.5) is 0 Å². The first-order valence-electron chi connectivity index (χ1n) is 8.47. The molecule has 0 unspecified atom stereocenters. The fourth-order valence-corrected chi connectivity index (χ4v) is 2.39. The predicted octanol–water partition coefficient (Wildman–Crippen LogP) is 1.83. The van der Waals surface area contributed by atoms with Crippen molar-refractivity contribution in [3.63, 3.8) is 0 Å². The molecule has 0 atom stereocenters. The minimum Gasteiger partial charge on any atom is -0.497 e. The zero-order valence-electron chi connectivity index (χ0n) is 14.1. The maximum absolute atomic E-state index is 5.18. The number of ether oxygens (including phenoxy) is 1. The van der Waals surface area contributed by atoms with E-state index in [1.807, 2.05) is 24.7 Å². The van der Waals surface area contributed by atoms with Gasteiger partial charge in [0, 0.05) is 38.1 Å². The second-order valence-corrected chi connectivity index (χ2v) is 5.97. The van der Waals surface area contributed by atoms with Crippen molar-refractivity contribution in [3.8, 4) is 5.75 Å². The molecule has 6 heteroatoms. The van der Waals surface area contributed by atoms with Crippen LogP contribution >= 0.6 is 0 Å². The summed E-state index contributed by atoms with van der Waals surface area (Å²) in [6.45, 7) is 2.47. The third-order valence-corrected chi connectivity index (χ3v) is 3.97. The van der Waals surface area contributed by atoms with Gasteiger partial charge in [-0.15, -0.1) is 0 Å². The van der Waals surface area contributed by atoms with Gasteiger partial charge >= 0.3 is 0 Å². The van der Waals surface area contributed by atoms with E-state index in [9.17, 15) is 0 Å². The first-order valence-corrected chi connectivity index (χ1v) is 8.47. The van der Waals surface area contributed by atoms with Gasteiger partial charge in [-0.25, -0.2) is 4.98 Å². The van der Waals surface area contributed by atoms with Crippen LogP contribution in [-0.2, 0) is 13.0 Å². The van der Waals surface area contributed by atoms with Crippen molar-refractivity contribution in [3.05, 3.63) is 48.5 Å². The lowest BCUT2D eigenvalue weighted by Gasteiger charge is -2.12. The van der Waals surface area contributed by atoms with E-state index in [1.165, 1.54) is 18.4 Å². The molecule has 0 saturated heterocycles. The lowest BCUT2D eigenvalue weighted by molar-refractivity contribution is 0.414. The van der Waals surface area contributed by atoms with Crippen LogP contribution in [0, 0.1) is 0 Å². The maximum Gasteiger partial charge on any atom is 0.191 e. The zero-order valence-corrected chi connectivity index (χ0v) is 14.1. The molecule has 6 nitrogen and oxygen atoms in total. The van der Waals surface area contributed by atoms with Crippen LogP contribution in [0.25, 0.3) is 0 Å². The summed E-state index contributed by atoms with van der Waals surface area (Å²) in [6.07, 6.45) is 8.99. The summed E-state index contributed by atoms with van der Waals surface area (Å²) in [4.78, 5) is 8.75. The van der Waals surface area contributed by atoms with E-state index < -0.39 is 0 Å². The van der Waals surface area contributed by atoms with E-state index >= 15 is 0 Å². The van der Waals surface area contributed by atoms with Gasteiger partial charge in [0.2, 0.25) is 0 Å². The first kappa shape index (κ1) is 16.4. The highest BCUT2D eigenvalue weighted by molar-refractivity contribution is 5.80. The Morgan fingerprint density at radius 1 is 1.33 bits per heavy atom. The van der Waals surface area contributed by atoms with Gasteiger partial charge in [0.25, 0.3) is 0 Å². The third-order valence-electron chi connectivity index (χ3n) is 3.97. The Morgan fingerprint density at radius 2 is 2.17 bits per heavy atom. The molecular formula is C18H25N5O. The smallest absolute Gasteiger partial charge is 0.191 e. The third kappa shape index (κ3) is 5.30. The number of hydrogen-bond donors (Lipinski definition) is 2. The van der Waals surface area contributed by atoms with Gasteiger partial charge in [0.05, 0.1) is 13.4 Å². The molecule has 24 heavy (non-hydrogen) atoms. The Hall–Kier alpha value is -2.50. The topological polar surface area (TPSA) is 63.5 Å². The Balaban J connectivity index is 1.46. The van der Waals surface area contributed by atoms with Crippen LogP contribution in [-0.4, -0.2) is 41.8 Å². The number of nitrogens with zero attached hydrogens (tertiary/aromatic N) is 3. The summed E-state index contributed by atoms with van der Waals surface area (Å²) in [6, 6.07) is 8.76. The molecule has 1 aliphatic rings. The van der Waals surface area contributed by atoms with Gasteiger partial charge in [-0.1, -0.05) is 12.1 Å². The molecular weight excluding hydrogens is 302 g/mol. The SMILES string of the molecule is COc1ccc(CCN=C(NCCn2ccnc2)NC2CC2)cc1. The largest absolute Gasteiger partial charge is 0.497 e. The van der Waals surface area contributed by atoms with Crippen molar-refractivity contribution in [2.24, 2.45) is 4.99 Å². The standard InChI is InChI=1S/C18H25N5O/c1-24-17-6-2-15(3-7-17)8-9-20-18(22-16-4-5-16)21-11-13-23-12-10-19-14-23/h2-3,6-7,10,12,14,16H,4-5,8-9,11,13H2,1H3,(H2,20,21,22). The summed E-state index contributed by atoms with van der Waals surface area (Å²) in [5, 5.41) is 6.87. The highest BCUT2D eigenvalue weighted by Gasteiger charge is 2.22. The Labute approximate surface area is 143 Å². The second-order valence-electron chi connectivity index (χ2n) is 5.97. The Morgan fingerprint density at radius 3 is 2.83 bits per heavy atom. The van der Waals surface area contributed by atoms with Crippen molar-refractivity contribution < 1.29 is 4.74 Å². The van der Waals surface area contributed by atoms with Gasteiger partial charge < -0.3 is 19.9 Å². The van der Waals surface area contributed by atoms with E-state index in [1.54, 1.807) is 13.3 Å². The summed E-state index contributed by atoms with van der Waals surface area (Å²) in [7, 11) is 1.69. The Kier molecular flexibility index (Phi) is 5.71. The van der Waals surface area contributed by atoms with Crippen molar-refractivity contribution in [1.82, 2.24) is 20.2 Å². The summed E-state index contributed by atoms with van der Waals surface area (Å²) in [5.41, 5.74) is 1.27. The average molecular weight is 327 g/mol. The molecule has 1 aromatic carbocycles. The molecule has 2 N–H and O–H groups in total. The number of aromatic nitrogens is 2. The molecule has 128 valence electrons. The van der Waals surface area contributed by atoms with Crippen LogP contribution in [0.5, 0.6) is 5.75 Å². The molecule has 1 aromatic heterocycles. The summed E-state index contributed by atoms with van der Waals surface area (Å²) in [5.74, 6) is 1.80. The lowest BCUT2D eigenvalue weighted by atomic mass is 10.1. The molecule has 2 aromatic rings. The molecule has 3 rings (SSSR count). The fraction of sp³-hybridized carbons (Fsp3) is 0.444. The van der Waals surface area contributed by atoms with Crippen molar-refractivity contribution >= 4 is 5.96 Å². The van der Waals surface area contributed by atoms with E-state index in [0.717, 1.165) is 37.8 Å². The molecule has 1 heterocycles. The highest BCUT2D eigenvalue weighted by Crippen LogP contribution is 2.18. The maximum atomic E-state index is 5.18. The zero-order chi connectivity index (χ0) is 16.6. The van der Waals surface area contributed by atoms with E-state index in [0.29, 0.717) is 6.04 Å². The van der Waals surface area contributed by atoms with Gasteiger partial charge in [-0.05, 0) is 37.0 Å². The molecule has 0 bridgehead atoms. The lowest BCUT2D eigenvalue weighted by Crippen LogP contribution is -2.40. The van der Waals surface area contributed by atoms with Gasteiger partial charge in [-0.2, -0.15) is 0 Å². The van der Waals surface area contributed by atoms with Gasteiger partial charge in [0.1, 0.15) is 5.75 Å². The number of benzene rings is 1. The second kappa shape index (κ2) is 8.38. The van der Waals surface area contributed by atoms with Crippen LogP contribution in [0.3, 0.4) is 0 Å². The minimum absolute atomic E-state index is 0.588. The first-order chi connectivity index (χ1) is 11.8. The van der Waals surface area contributed by atoms with E-state index in [4.69, 9.17) is 9.73 Å². The quantitative estimate of drug-likeness (QED) is 0.573. The Bertz CT molecular complexity index is 632. The van der Waals surface area contributed by atoms with Crippen molar-refractivity contribution in [2.45, 2.75) is 31.8 Å². The number of methoxy groups -OCH3 is 1. The molecule has 0 radical (unpaired) electrons. The van der Waals surface area contributed by atoms with Gasteiger partial charge in [-0.3, -0.25) is 4.99 Å². The average Bonchev–Trinajstić information content (AvgIpc) is 3.27. The van der Waals surface area contributed by atoms with Crippen molar-refractivity contribution in [2.75, 3.05) is 20.2 Å². The molecule has 1 saturated carbocycles. The number of imidazole rings is 1. The molecule has 0 spiro atoms. The molecule has 1 fully saturated rings. The van der Waals surface area contributed by atoms with E-state index in [2.05, 4.69) is 32.3 Å². The predicted molar refractivity (Wildman–Crippen MR) is 95.4 cm³/mol. The molecule has 0 amide bonds. The monoisotopic (exact) mass is 327 g/mol. The number of guanidine groups is 1. The number of rotatable bonds is 8. The van der Waals surface area contributed by atoms with Crippen LogP contribution in [0.1, 0.15) is 18.4 Å². The number of nitrogens with one attached hydrogen (secondary N) is 2. The normalized spacial score (nSPS) is 14.5. The van der Waals surface area contributed by atoms with E-state index in [-0.39, 0.29) is 0 Å².